The van der Waals surface area contributed by atoms with E-state index in [1.165, 1.54) is 42.8 Å². The van der Waals surface area contributed by atoms with Gasteiger partial charge in [0.1, 0.15) is 11.9 Å². The van der Waals surface area contributed by atoms with Gasteiger partial charge in [-0.1, -0.05) is 18.2 Å². The van der Waals surface area contributed by atoms with E-state index in [4.69, 9.17) is 4.74 Å². The molecule has 0 spiro atoms. The van der Waals surface area contributed by atoms with Crippen molar-refractivity contribution >= 4 is 11.8 Å². The minimum atomic E-state index is 0.0972. The van der Waals surface area contributed by atoms with Crippen molar-refractivity contribution in [3.63, 3.8) is 0 Å². The first-order valence-corrected chi connectivity index (χ1v) is 8.52. The molecule has 2 fully saturated rings. The topological polar surface area (TPSA) is 21.3 Å². The smallest absolute Gasteiger partial charge is 0.124 e. The third-order valence-electron chi connectivity index (χ3n) is 4.31. The summed E-state index contributed by atoms with van der Waals surface area (Å²) in [5.74, 6) is 3.57. The van der Waals surface area contributed by atoms with E-state index in [2.05, 4.69) is 36.5 Å². The van der Waals surface area contributed by atoms with E-state index in [1.54, 1.807) is 0 Å². The molecule has 3 rings (SSSR count). The van der Waals surface area contributed by atoms with Gasteiger partial charge in [-0.2, -0.15) is 11.8 Å². The van der Waals surface area contributed by atoms with Gasteiger partial charge in [0, 0.05) is 11.1 Å². The lowest BCUT2D eigenvalue weighted by Crippen LogP contribution is -2.34. The molecule has 0 aromatic heterocycles. The maximum Gasteiger partial charge on any atom is 0.124 e. The second-order valence-electron chi connectivity index (χ2n) is 5.79. The van der Waals surface area contributed by atoms with Gasteiger partial charge in [0.25, 0.3) is 0 Å². The molecule has 2 heterocycles. The number of hydrogen-bond acceptors (Lipinski definition) is 3. The Labute approximate surface area is 120 Å². The van der Waals surface area contributed by atoms with Crippen molar-refractivity contribution in [2.45, 2.75) is 44.2 Å². The van der Waals surface area contributed by atoms with Crippen molar-refractivity contribution in [3.05, 3.63) is 29.8 Å². The van der Waals surface area contributed by atoms with Crippen LogP contribution in [0.5, 0.6) is 5.75 Å². The fourth-order valence-electron chi connectivity index (χ4n) is 3.12. The van der Waals surface area contributed by atoms with E-state index < -0.39 is 0 Å². The van der Waals surface area contributed by atoms with Gasteiger partial charge < -0.3 is 10.1 Å². The SMILES string of the molecule is CC1(c2ccccc2OC2CCSCC2)CCCN1. The highest BCUT2D eigenvalue weighted by Gasteiger charge is 2.33. The Morgan fingerprint density at radius 3 is 2.79 bits per heavy atom. The Bertz CT molecular complexity index is 423. The Hall–Kier alpha value is -0.670. The highest BCUT2D eigenvalue weighted by molar-refractivity contribution is 7.99. The first-order valence-electron chi connectivity index (χ1n) is 7.37. The number of nitrogens with one attached hydrogen (secondary N) is 1. The van der Waals surface area contributed by atoms with E-state index in [-0.39, 0.29) is 5.54 Å². The Balaban J connectivity index is 1.80. The van der Waals surface area contributed by atoms with Gasteiger partial charge in [0.05, 0.1) is 0 Å². The van der Waals surface area contributed by atoms with Crippen molar-refractivity contribution < 1.29 is 4.74 Å². The van der Waals surface area contributed by atoms with Crippen molar-refractivity contribution in [3.8, 4) is 5.75 Å². The molecule has 1 unspecified atom stereocenters. The maximum absolute atomic E-state index is 6.31. The number of ether oxygens (including phenoxy) is 1. The zero-order valence-corrected chi connectivity index (χ0v) is 12.5. The van der Waals surface area contributed by atoms with E-state index in [1.807, 2.05) is 11.8 Å². The van der Waals surface area contributed by atoms with Crippen LogP contribution in [0.4, 0.5) is 0 Å². The zero-order chi connectivity index (χ0) is 13.1. The molecule has 2 saturated heterocycles. The van der Waals surface area contributed by atoms with E-state index in [0.717, 1.165) is 12.3 Å². The fourth-order valence-corrected chi connectivity index (χ4v) is 4.19. The summed E-state index contributed by atoms with van der Waals surface area (Å²) < 4.78 is 6.31. The van der Waals surface area contributed by atoms with E-state index in [0.29, 0.717) is 6.10 Å². The minimum Gasteiger partial charge on any atom is -0.490 e. The van der Waals surface area contributed by atoms with Crippen LogP contribution in [0.2, 0.25) is 0 Å². The molecule has 1 aromatic carbocycles. The van der Waals surface area contributed by atoms with E-state index in [9.17, 15) is 0 Å². The summed E-state index contributed by atoms with van der Waals surface area (Å²) in [6, 6.07) is 8.59. The van der Waals surface area contributed by atoms with Gasteiger partial charge in [-0.05, 0) is 56.7 Å². The molecule has 1 atom stereocenters. The zero-order valence-electron chi connectivity index (χ0n) is 11.7. The molecule has 0 radical (unpaired) electrons. The number of benzene rings is 1. The van der Waals surface area contributed by atoms with Gasteiger partial charge in [-0.25, -0.2) is 0 Å². The number of hydrogen-bond donors (Lipinski definition) is 1. The van der Waals surface area contributed by atoms with Crippen LogP contribution in [0.15, 0.2) is 24.3 Å². The van der Waals surface area contributed by atoms with Crippen molar-refractivity contribution in [2.24, 2.45) is 0 Å². The summed E-state index contributed by atoms with van der Waals surface area (Å²) in [5.41, 5.74) is 1.44. The molecular weight excluding hydrogens is 254 g/mol. The lowest BCUT2D eigenvalue weighted by molar-refractivity contribution is 0.186. The van der Waals surface area contributed by atoms with Crippen LogP contribution in [-0.4, -0.2) is 24.2 Å². The molecule has 19 heavy (non-hydrogen) atoms. The van der Waals surface area contributed by atoms with Crippen LogP contribution in [0.1, 0.15) is 38.2 Å². The minimum absolute atomic E-state index is 0.0972. The molecule has 2 aliphatic heterocycles. The average Bonchev–Trinajstić information content (AvgIpc) is 2.88. The molecule has 3 heteroatoms. The quantitative estimate of drug-likeness (QED) is 0.913. The van der Waals surface area contributed by atoms with Gasteiger partial charge in [-0.15, -0.1) is 0 Å². The number of para-hydroxylation sites is 1. The van der Waals surface area contributed by atoms with Crippen molar-refractivity contribution in [1.29, 1.82) is 0 Å². The van der Waals surface area contributed by atoms with Crippen LogP contribution < -0.4 is 10.1 Å². The number of rotatable bonds is 3. The second-order valence-corrected chi connectivity index (χ2v) is 7.01. The first kappa shape index (κ1) is 13.3. The Morgan fingerprint density at radius 2 is 2.05 bits per heavy atom. The van der Waals surface area contributed by atoms with Crippen LogP contribution in [-0.2, 0) is 5.54 Å². The molecule has 104 valence electrons. The van der Waals surface area contributed by atoms with Crippen LogP contribution in [0, 0.1) is 0 Å². The molecule has 2 aliphatic rings. The third kappa shape index (κ3) is 2.92. The Kier molecular flexibility index (Phi) is 4.04. The predicted octanol–water partition coefficient (Wildman–Crippen LogP) is 3.56. The fraction of sp³-hybridized carbons (Fsp3) is 0.625. The number of thioether (sulfide) groups is 1. The second kappa shape index (κ2) is 5.76. The lowest BCUT2D eigenvalue weighted by atomic mass is 9.90. The van der Waals surface area contributed by atoms with Gasteiger partial charge in [0.15, 0.2) is 0 Å². The van der Waals surface area contributed by atoms with Crippen molar-refractivity contribution in [1.82, 2.24) is 5.32 Å². The summed E-state index contributed by atoms with van der Waals surface area (Å²) in [7, 11) is 0. The summed E-state index contributed by atoms with van der Waals surface area (Å²) in [5, 5.41) is 3.64. The summed E-state index contributed by atoms with van der Waals surface area (Å²) in [6.07, 6.45) is 5.23. The van der Waals surface area contributed by atoms with Gasteiger partial charge >= 0.3 is 0 Å². The van der Waals surface area contributed by atoms with Crippen molar-refractivity contribution in [2.75, 3.05) is 18.1 Å². The molecule has 1 N–H and O–H groups in total. The largest absolute Gasteiger partial charge is 0.490 e. The monoisotopic (exact) mass is 277 g/mol. The van der Waals surface area contributed by atoms with Crippen LogP contribution in [0.3, 0.4) is 0 Å². The Morgan fingerprint density at radius 1 is 1.26 bits per heavy atom. The highest BCUT2D eigenvalue weighted by Crippen LogP contribution is 2.37. The summed E-state index contributed by atoms with van der Waals surface area (Å²) in [6.45, 7) is 3.42. The van der Waals surface area contributed by atoms with E-state index >= 15 is 0 Å². The third-order valence-corrected chi connectivity index (χ3v) is 5.36. The molecule has 0 amide bonds. The lowest BCUT2D eigenvalue weighted by Gasteiger charge is -2.30. The molecule has 2 nitrogen and oxygen atoms in total. The molecule has 1 aromatic rings. The van der Waals surface area contributed by atoms with Crippen LogP contribution in [0.25, 0.3) is 0 Å². The standard InChI is InChI=1S/C16H23NOS/c1-16(9-4-10-17-16)14-5-2-3-6-15(14)18-13-7-11-19-12-8-13/h2-3,5-6,13,17H,4,7-12H2,1H3. The summed E-state index contributed by atoms with van der Waals surface area (Å²) >= 11 is 2.05. The summed E-state index contributed by atoms with van der Waals surface area (Å²) in [4.78, 5) is 0. The maximum atomic E-state index is 6.31. The van der Waals surface area contributed by atoms with Crippen LogP contribution >= 0.6 is 11.8 Å². The molecule has 0 saturated carbocycles. The first-order chi connectivity index (χ1) is 9.28. The average molecular weight is 277 g/mol. The molecule has 0 bridgehead atoms. The highest BCUT2D eigenvalue weighted by atomic mass is 32.2. The van der Waals surface area contributed by atoms with Gasteiger partial charge in [0.2, 0.25) is 0 Å². The molecular formula is C16H23NOS. The molecule has 0 aliphatic carbocycles. The predicted molar refractivity (Wildman–Crippen MR) is 82.0 cm³/mol. The normalized spacial score (nSPS) is 28.5. The van der Waals surface area contributed by atoms with Gasteiger partial charge in [-0.3, -0.25) is 0 Å².